The van der Waals surface area contributed by atoms with Crippen LogP contribution < -0.4 is 10.1 Å². The Balaban J connectivity index is 1.32. The summed E-state index contributed by atoms with van der Waals surface area (Å²) in [6.07, 6.45) is 3.23. The number of benzene rings is 2. The van der Waals surface area contributed by atoms with Crippen molar-refractivity contribution in [3.8, 4) is 5.75 Å². The van der Waals surface area contributed by atoms with Gasteiger partial charge < -0.3 is 15.0 Å². The van der Waals surface area contributed by atoms with Gasteiger partial charge in [-0.25, -0.2) is 0 Å². The van der Waals surface area contributed by atoms with Gasteiger partial charge in [-0.2, -0.15) is 0 Å². The Morgan fingerprint density at radius 2 is 1.72 bits per heavy atom. The molecular weight excluding hydrogens is 364 g/mol. The molecule has 5 heteroatoms. The van der Waals surface area contributed by atoms with E-state index in [-0.39, 0.29) is 17.9 Å². The molecule has 0 saturated carbocycles. The third-order valence-corrected chi connectivity index (χ3v) is 5.31. The van der Waals surface area contributed by atoms with Crippen LogP contribution in [0.5, 0.6) is 5.75 Å². The molecule has 1 aliphatic heterocycles. The Bertz CT molecular complexity index is 799. The van der Waals surface area contributed by atoms with E-state index in [9.17, 15) is 9.59 Å². The third-order valence-electron chi connectivity index (χ3n) is 5.31. The number of para-hydroxylation sites is 1. The number of piperidine rings is 1. The topological polar surface area (TPSA) is 58.6 Å². The SMILES string of the molecule is Cc1ccccc1OCCCC(=O)N1CCC(NC(=O)Cc2ccccc2)CC1. The normalized spacial score (nSPS) is 14.4. The highest BCUT2D eigenvalue weighted by Crippen LogP contribution is 2.17. The zero-order valence-electron chi connectivity index (χ0n) is 17.1. The van der Waals surface area contributed by atoms with Crippen LogP contribution in [-0.4, -0.2) is 42.5 Å². The Labute approximate surface area is 173 Å². The molecule has 1 heterocycles. The van der Waals surface area contributed by atoms with Crippen molar-refractivity contribution in [2.75, 3.05) is 19.7 Å². The number of amides is 2. The highest BCUT2D eigenvalue weighted by molar-refractivity contribution is 5.79. The number of hydrogen-bond acceptors (Lipinski definition) is 3. The monoisotopic (exact) mass is 394 g/mol. The fraction of sp³-hybridized carbons (Fsp3) is 0.417. The zero-order chi connectivity index (χ0) is 20.5. The first-order valence-electron chi connectivity index (χ1n) is 10.4. The maximum Gasteiger partial charge on any atom is 0.224 e. The summed E-state index contributed by atoms with van der Waals surface area (Å²) in [4.78, 5) is 26.5. The fourth-order valence-electron chi connectivity index (χ4n) is 3.62. The van der Waals surface area contributed by atoms with Crippen molar-refractivity contribution in [3.63, 3.8) is 0 Å². The standard InChI is InChI=1S/C24H30N2O3/c1-19-8-5-6-11-22(19)29-17-7-12-24(28)26-15-13-21(14-16-26)25-23(27)18-20-9-3-2-4-10-20/h2-6,8-11,21H,7,12-18H2,1H3,(H,25,27). The number of carbonyl (C=O) groups excluding carboxylic acids is 2. The molecule has 0 spiro atoms. The van der Waals surface area contributed by atoms with Crippen LogP contribution in [0.1, 0.15) is 36.8 Å². The molecule has 29 heavy (non-hydrogen) atoms. The van der Waals surface area contributed by atoms with Gasteiger partial charge in [0.1, 0.15) is 5.75 Å². The molecule has 2 amide bonds. The second-order valence-corrected chi connectivity index (χ2v) is 7.60. The van der Waals surface area contributed by atoms with E-state index in [4.69, 9.17) is 4.74 Å². The van der Waals surface area contributed by atoms with Gasteiger partial charge in [0.2, 0.25) is 11.8 Å². The Morgan fingerprint density at radius 1 is 1.03 bits per heavy atom. The number of aryl methyl sites for hydroxylation is 1. The molecule has 1 N–H and O–H groups in total. The van der Waals surface area contributed by atoms with Gasteiger partial charge in [0.15, 0.2) is 0 Å². The molecule has 1 fully saturated rings. The summed E-state index contributed by atoms with van der Waals surface area (Å²) in [5.41, 5.74) is 2.13. The van der Waals surface area contributed by atoms with Gasteiger partial charge in [-0.1, -0.05) is 48.5 Å². The van der Waals surface area contributed by atoms with Crippen molar-refractivity contribution >= 4 is 11.8 Å². The number of nitrogens with zero attached hydrogens (tertiary/aromatic N) is 1. The zero-order valence-corrected chi connectivity index (χ0v) is 17.1. The molecule has 0 aromatic heterocycles. The Hall–Kier alpha value is -2.82. The van der Waals surface area contributed by atoms with Crippen molar-refractivity contribution in [2.45, 2.75) is 45.1 Å². The van der Waals surface area contributed by atoms with Crippen LogP contribution >= 0.6 is 0 Å². The highest BCUT2D eigenvalue weighted by atomic mass is 16.5. The molecule has 0 bridgehead atoms. The van der Waals surface area contributed by atoms with Crippen molar-refractivity contribution in [1.82, 2.24) is 10.2 Å². The summed E-state index contributed by atoms with van der Waals surface area (Å²) in [6, 6.07) is 17.8. The lowest BCUT2D eigenvalue weighted by Gasteiger charge is -2.32. The molecule has 2 aromatic carbocycles. The number of rotatable bonds is 8. The quantitative estimate of drug-likeness (QED) is 0.697. The number of hydrogen-bond donors (Lipinski definition) is 1. The fourth-order valence-corrected chi connectivity index (χ4v) is 3.62. The van der Waals surface area contributed by atoms with Crippen molar-refractivity contribution in [1.29, 1.82) is 0 Å². The van der Waals surface area contributed by atoms with Crippen LogP contribution in [0.2, 0.25) is 0 Å². The van der Waals surface area contributed by atoms with Gasteiger partial charge in [-0.15, -0.1) is 0 Å². The van der Waals surface area contributed by atoms with Crippen LogP contribution in [0.3, 0.4) is 0 Å². The smallest absolute Gasteiger partial charge is 0.224 e. The van der Waals surface area contributed by atoms with Crippen LogP contribution in [0, 0.1) is 6.92 Å². The van der Waals surface area contributed by atoms with E-state index in [1.807, 2.05) is 66.4 Å². The van der Waals surface area contributed by atoms with Crippen LogP contribution in [0.15, 0.2) is 54.6 Å². The Morgan fingerprint density at radius 3 is 2.45 bits per heavy atom. The van der Waals surface area contributed by atoms with E-state index < -0.39 is 0 Å². The molecule has 3 rings (SSSR count). The minimum Gasteiger partial charge on any atom is -0.493 e. The molecule has 154 valence electrons. The maximum atomic E-state index is 12.4. The van der Waals surface area contributed by atoms with E-state index in [1.54, 1.807) is 0 Å². The summed E-state index contributed by atoms with van der Waals surface area (Å²) >= 11 is 0. The number of nitrogens with one attached hydrogen (secondary N) is 1. The molecule has 0 radical (unpaired) electrons. The third kappa shape index (κ3) is 6.63. The van der Waals surface area contributed by atoms with Crippen LogP contribution in [0.25, 0.3) is 0 Å². The van der Waals surface area contributed by atoms with Gasteiger partial charge in [0.25, 0.3) is 0 Å². The maximum absolute atomic E-state index is 12.4. The lowest BCUT2D eigenvalue weighted by Crippen LogP contribution is -2.46. The molecule has 0 aliphatic carbocycles. The predicted octanol–water partition coefficient (Wildman–Crippen LogP) is 3.50. The first-order valence-corrected chi connectivity index (χ1v) is 10.4. The van der Waals surface area contributed by atoms with E-state index in [1.165, 1.54) is 0 Å². The summed E-state index contributed by atoms with van der Waals surface area (Å²) in [5, 5.41) is 3.11. The molecule has 1 saturated heterocycles. The average Bonchev–Trinajstić information content (AvgIpc) is 2.73. The van der Waals surface area contributed by atoms with E-state index >= 15 is 0 Å². The minimum absolute atomic E-state index is 0.0503. The number of ether oxygens (including phenoxy) is 1. The van der Waals surface area contributed by atoms with Crippen molar-refractivity contribution < 1.29 is 14.3 Å². The predicted molar refractivity (Wildman–Crippen MR) is 114 cm³/mol. The molecule has 2 aromatic rings. The van der Waals surface area contributed by atoms with Gasteiger partial charge in [-0.05, 0) is 43.4 Å². The summed E-state index contributed by atoms with van der Waals surface area (Å²) in [6.45, 7) is 3.97. The largest absolute Gasteiger partial charge is 0.493 e. The van der Waals surface area contributed by atoms with Crippen LogP contribution in [-0.2, 0) is 16.0 Å². The second kappa shape index (κ2) is 10.6. The molecule has 5 nitrogen and oxygen atoms in total. The number of carbonyl (C=O) groups is 2. The van der Waals surface area contributed by atoms with Gasteiger partial charge in [-0.3, -0.25) is 9.59 Å². The lowest BCUT2D eigenvalue weighted by atomic mass is 10.0. The van der Waals surface area contributed by atoms with Gasteiger partial charge >= 0.3 is 0 Å². The highest BCUT2D eigenvalue weighted by Gasteiger charge is 2.23. The summed E-state index contributed by atoms with van der Waals surface area (Å²) in [5.74, 6) is 1.11. The second-order valence-electron chi connectivity index (χ2n) is 7.60. The summed E-state index contributed by atoms with van der Waals surface area (Å²) < 4.78 is 5.77. The van der Waals surface area contributed by atoms with Gasteiger partial charge in [0, 0.05) is 25.6 Å². The minimum atomic E-state index is 0.0503. The first kappa shape index (κ1) is 20.9. The Kier molecular flexibility index (Phi) is 7.68. The molecule has 0 atom stereocenters. The van der Waals surface area contributed by atoms with Gasteiger partial charge in [0.05, 0.1) is 13.0 Å². The summed E-state index contributed by atoms with van der Waals surface area (Å²) in [7, 11) is 0. The van der Waals surface area contributed by atoms with Crippen LogP contribution in [0.4, 0.5) is 0 Å². The lowest BCUT2D eigenvalue weighted by molar-refractivity contribution is -0.132. The van der Waals surface area contributed by atoms with E-state index in [2.05, 4.69) is 5.32 Å². The first-order chi connectivity index (χ1) is 14.1. The van der Waals surface area contributed by atoms with Crippen molar-refractivity contribution in [2.24, 2.45) is 0 Å². The number of likely N-dealkylation sites (tertiary alicyclic amines) is 1. The molecule has 0 unspecified atom stereocenters. The van der Waals surface area contributed by atoms with E-state index in [0.29, 0.717) is 39.0 Å². The molecule has 1 aliphatic rings. The van der Waals surface area contributed by atoms with E-state index in [0.717, 1.165) is 29.7 Å². The van der Waals surface area contributed by atoms with Crippen molar-refractivity contribution in [3.05, 3.63) is 65.7 Å². The molecular formula is C24H30N2O3. The average molecular weight is 395 g/mol.